The summed E-state index contributed by atoms with van der Waals surface area (Å²) in [5, 5.41) is -1.71. The molecule has 1 rings (SSSR count). The Balaban J connectivity index is 2.93. The molecule has 0 saturated heterocycles. The third-order valence-corrected chi connectivity index (χ3v) is 3.22. The average Bonchev–Trinajstić information content (AvgIpc) is 2.06. The standard InChI is InChI=1S/C8H7ClFI/c9-8(10,6-11)7-4-2-1-3-5-7/h1-5H,6H2. The van der Waals surface area contributed by atoms with Crippen molar-refractivity contribution in [2.45, 2.75) is 5.13 Å². The van der Waals surface area contributed by atoms with Crippen molar-refractivity contribution in [2.24, 2.45) is 0 Å². The molecule has 1 aromatic carbocycles. The molecule has 0 bridgehead atoms. The van der Waals surface area contributed by atoms with Gasteiger partial charge in [0.05, 0.1) is 4.43 Å². The lowest BCUT2D eigenvalue weighted by Crippen LogP contribution is -2.12. The summed E-state index contributed by atoms with van der Waals surface area (Å²) in [5.41, 5.74) is 0.524. The minimum absolute atomic E-state index is 0.260. The minimum atomic E-state index is -1.71. The number of halogens is 3. The normalized spacial score (nSPS) is 15.9. The molecule has 0 fully saturated rings. The maximum atomic E-state index is 13.3. The third-order valence-electron chi connectivity index (χ3n) is 1.36. The highest BCUT2D eigenvalue weighted by Gasteiger charge is 2.26. The van der Waals surface area contributed by atoms with Crippen LogP contribution in [0.5, 0.6) is 0 Å². The molecule has 0 N–H and O–H groups in total. The molecule has 0 aliphatic carbocycles. The lowest BCUT2D eigenvalue weighted by Gasteiger charge is -2.14. The van der Waals surface area contributed by atoms with Crippen LogP contribution in [0.2, 0.25) is 0 Å². The van der Waals surface area contributed by atoms with Gasteiger partial charge in [0.15, 0.2) is 0 Å². The Morgan fingerprint density at radius 3 is 2.36 bits per heavy atom. The molecular weight excluding hydrogens is 277 g/mol. The average molecular weight is 284 g/mol. The fourth-order valence-corrected chi connectivity index (χ4v) is 1.33. The van der Waals surface area contributed by atoms with Crippen LogP contribution >= 0.6 is 34.2 Å². The second-order valence-corrected chi connectivity index (χ2v) is 3.57. The largest absolute Gasteiger partial charge is 0.220 e. The Hall–Kier alpha value is 0.170. The van der Waals surface area contributed by atoms with E-state index in [9.17, 15) is 4.39 Å². The second kappa shape index (κ2) is 3.72. The molecule has 11 heavy (non-hydrogen) atoms. The first-order valence-corrected chi connectivity index (χ1v) is 5.06. The van der Waals surface area contributed by atoms with Crippen LogP contribution < -0.4 is 0 Å². The molecule has 0 spiro atoms. The van der Waals surface area contributed by atoms with Gasteiger partial charge >= 0.3 is 0 Å². The number of hydrogen-bond donors (Lipinski definition) is 0. The second-order valence-electron chi connectivity index (χ2n) is 2.20. The van der Waals surface area contributed by atoms with Crippen LogP contribution in [0, 0.1) is 0 Å². The molecule has 0 saturated carbocycles. The maximum absolute atomic E-state index is 13.3. The van der Waals surface area contributed by atoms with E-state index in [2.05, 4.69) is 0 Å². The molecule has 0 heterocycles. The highest BCUT2D eigenvalue weighted by Crippen LogP contribution is 2.32. The molecule has 1 aromatic rings. The summed E-state index contributed by atoms with van der Waals surface area (Å²) in [7, 11) is 0. The van der Waals surface area contributed by atoms with E-state index in [0.717, 1.165) is 0 Å². The van der Waals surface area contributed by atoms with Gasteiger partial charge in [-0.1, -0.05) is 64.5 Å². The fraction of sp³-hybridized carbons (Fsp3) is 0.250. The fourth-order valence-electron chi connectivity index (χ4n) is 0.759. The summed E-state index contributed by atoms with van der Waals surface area (Å²) in [4.78, 5) is 0. The van der Waals surface area contributed by atoms with E-state index in [1.54, 1.807) is 24.3 Å². The van der Waals surface area contributed by atoms with Gasteiger partial charge in [0.25, 0.3) is 0 Å². The molecule has 0 aromatic heterocycles. The van der Waals surface area contributed by atoms with E-state index >= 15 is 0 Å². The molecule has 0 aliphatic heterocycles. The van der Waals surface area contributed by atoms with Crippen LogP contribution in [0.1, 0.15) is 5.56 Å². The Bertz CT molecular complexity index is 223. The van der Waals surface area contributed by atoms with Crippen molar-refractivity contribution >= 4 is 34.2 Å². The number of rotatable bonds is 2. The van der Waals surface area contributed by atoms with Crippen molar-refractivity contribution in [1.29, 1.82) is 0 Å². The van der Waals surface area contributed by atoms with Crippen LogP contribution in [-0.2, 0) is 5.13 Å². The summed E-state index contributed by atoms with van der Waals surface area (Å²) in [6, 6.07) is 8.76. The Morgan fingerprint density at radius 1 is 1.36 bits per heavy atom. The molecule has 3 heteroatoms. The molecular formula is C8H7ClFI. The van der Waals surface area contributed by atoms with Gasteiger partial charge in [0.1, 0.15) is 0 Å². The summed E-state index contributed by atoms with van der Waals surface area (Å²) in [6.07, 6.45) is 0. The molecule has 1 unspecified atom stereocenters. The lowest BCUT2D eigenvalue weighted by atomic mass is 10.1. The minimum Gasteiger partial charge on any atom is -0.220 e. The zero-order valence-corrected chi connectivity index (χ0v) is 8.64. The Morgan fingerprint density at radius 2 is 1.91 bits per heavy atom. The molecule has 0 nitrogen and oxygen atoms in total. The van der Waals surface area contributed by atoms with Crippen LogP contribution in [0.3, 0.4) is 0 Å². The van der Waals surface area contributed by atoms with E-state index < -0.39 is 5.13 Å². The van der Waals surface area contributed by atoms with E-state index in [1.807, 2.05) is 28.7 Å². The Kier molecular flexibility index (Phi) is 3.13. The third kappa shape index (κ3) is 2.30. The van der Waals surface area contributed by atoms with Crippen LogP contribution in [0.15, 0.2) is 30.3 Å². The first kappa shape index (κ1) is 9.26. The number of hydrogen-bond acceptors (Lipinski definition) is 0. The SMILES string of the molecule is FC(Cl)(CI)c1ccccc1. The summed E-state index contributed by atoms with van der Waals surface area (Å²) >= 11 is 7.50. The van der Waals surface area contributed by atoms with E-state index in [-0.39, 0.29) is 4.43 Å². The predicted molar refractivity (Wildman–Crippen MR) is 54.0 cm³/mol. The number of benzene rings is 1. The van der Waals surface area contributed by atoms with Gasteiger partial charge in [0.2, 0.25) is 5.13 Å². The van der Waals surface area contributed by atoms with Crippen molar-refractivity contribution in [3.63, 3.8) is 0 Å². The van der Waals surface area contributed by atoms with Gasteiger partial charge in [-0.25, -0.2) is 4.39 Å². The summed E-state index contributed by atoms with van der Waals surface area (Å²) in [5.74, 6) is 0. The molecule has 1 atom stereocenters. The van der Waals surface area contributed by atoms with Gasteiger partial charge in [-0.3, -0.25) is 0 Å². The van der Waals surface area contributed by atoms with E-state index in [0.29, 0.717) is 5.56 Å². The van der Waals surface area contributed by atoms with Gasteiger partial charge in [-0.05, 0) is 0 Å². The first-order chi connectivity index (χ1) is 5.17. The van der Waals surface area contributed by atoms with Crippen LogP contribution in [0.25, 0.3) is 0 Å². The zero-order valence-electron chi connectivity index (χ0n) is 5.73. The van der Waals surface area contributed by atoms with Gasteiger partial charge in [-0.15, -0.1) is 0 Å². The quantitative estimate of drug-likeness (QED) is 0.576. The van der Waals surface area contributed by atoms with Gasteiger partial charge in [-0.2, -0.15) is 0 Å². The maximum Gasteiger partial charge on any atom is 0.217 e. The van der Waals surface area contributed by atoms with Crippen LogP contribution in [-0.4, -0.2) is 4.43 Å². The monoisotopic (exact) mass is 284 g/mol. The predicted octanol–water partition coefficient (Wildman–Crippen LogP) is 3.48. The van der Waals surface area contributed by atoms with Crippen molar-refractivity contribution in [3.05, 3.63) is 35.9 Å². The summed E-state index contributed by atoms with van der Waals surface area (Å²) in [6.45, 7) is 0. The lowest BCUT2D eigenvalue weighted by molar-refractivity contribution is 0.325. The molecule has 60 valence electrons. The van der Waals surface area contributed by atoms with Crippen molar-refractivity contribution in [2.75, 3.05) is 4.43 Å². The highest BCUT2D eigenvalue weighted by molar-refractivity contribution is 14.1. The molecule has 0 amide bonds. The molecule has 0 radical (unpaired) electrons. The summed E-state index contributed by atoms with van der Waals surface area (Å²) < 4.78 is 13.6. The molecule has 0 aliphatic rings. The van der Waals surface area contributed by atoms with Crippen molar-refractivity contribution in [1.82, 2.24) is 0 Å². The number of alkyl halides is 3. The highest BCUT2D eigenvalue weighted by atomic mass is 127. The Labute approximate surface area is 83.9 Å². The smallest absolute Gasteiger partial charge is 0.217 e. The topological polar surface area (TPSA) is 0 Å². The van der Waals surface area contributed by atoms with E-state index in [4.69, 9.17) is 11.6 Å². The van der Waals surface area contributed by atoms with Gasteiger partial charge in [0, 0.05) is 5.56 Å². The van der Waals surface area contributed by atoms with Crippen molar-refractivity contribution in [3.8, 4) is 0 Å². The zero-order chi connectivity index (χ0) is 8.32. The van der Waals surface area contributed by atoms with Crippen LogP contribution in [0.4, 0.5) is 4.39 Å². The van der Waals surface area contributed by atoms with E-state index in [1.165, 1.54) is 0 Å². The van der Waals surface area contributed by atoms with Gasteiger partial charge < -0.3 is 0 Å². The van der Waals surface area contributed by atoms with Crippen molar-refractivity contribution < 1.29 is 4.39 Å². The first-order valence-electron chi connectivity index (χ1n) is 3.16.